The van der Waals surface area contributed by atoms with Gasteiger partial charge in [0.15, 0.2) is 12.4 Å². The van der Waals surface area contributed by atoms with Crippen LogP contribution in [0.1, 0.15) is 46.3 Å². The van der Waals surface area contributed by atoms with Crippen molar-refractivity contribution < 1.29 is 19.1 Å². The van der Waals surface area contributed by atoms with Crippen molar-refractivity contribution in [2.24, 2.45) is 0 Å². The Balaban J connectivity index is 1.60. The zero-order valence-corrected chi connectivity index (χ0v) is 15.1. The van der Waals surface area contributed by atoms with Gasteiger partial charge in [0.05, 0.1) is 6.04 Å². The van der Waals surface area contributed by atoms with Crippen LogP contribution in [-0.4, -0.2) is 29.3 Å². The maximum absolute atomic E-state index is 12.2. The summed E-state index contributed by atoms with van der Waals surface area (Å²) >= 11 is 0. The molecular weight excluding hydrogens is 344 g/mol. The second-order valence-electron chi connectivity index (χ2n) is 6.29. The summed E-state index contributed by atoms with van der Waals surface area (Å²) in [6, 6.07) is 15.0. The number of carbonyl (C=O) groups excluding carboxylic acids is 3. The number of benzene rings is 2. The standard InChI is InChI=1S/C21H20N2O4/c1-13(17-9-5-7-15-6-3-4-8-18(15)17)23-20(25)12-27-21(26)19-10-16(11-22-19)14(2)24/h3-11,13,22H,12H2,1-2H3,(H,23,25)/t13-/m1/s1. The zero-order chi connectivity index (χ0) is 19.4. The number of H-pyrrole nitrogens is 1. The summed E-state index contributed by atoms with van der Waals surface area (Å²) in [5.41, 5.74) is 1.51. The van der Waals surface area contributed by atoms with E-state index >= 15 is 0 Å². The van der Waals surface area contributed by atoms with Crippen LogP contribution in [0.15, 0.2) is 54.7 Å². The second-order valence-corrected chi connectivity index (χ2v) is 6.29. The van der Waals surface area contributed by atoms with Crippen LogP contribution in [0, 0.1) is 0 Å². The molecule has 1 atom stereocenters. The fourth-order valence-corrected chi connectivity index (χ4v) is 2.91. The van der Waals surface area contributed by atoms with Gasteiger partial charge in [-0.1, -0.05) is 42.5 Å². The van der Waals surface area contributed by atoms with Crippen LogP contribution in [-0.2, 0) is 9.53 Å². The number of aromatic nitrogens is 1. The van der Waals surface area contributed by atoms with E-state index in [4.69, 9.17) is 4.74 Å². The maximum Gasteiger partial charge on any atom is 0.355 e. The smallest absolute Gasteiger partial charge is 0.355 e. The van der Waals surface area contributed by atoms with Crippen LogP contribution in [0.3, 0.4) is 0 Å². The molecule has 1 amide bonds. The van der Waals surface area contributed by atoms with E-state index in [0.29, 0.717) is 5.56 Å². The highest BCUT2D eigenvalue weighted by atomic mass is 16.5. The lowest BCUT2D eigenvalue weighted by atomic mass is 10.00. The number of aromatic amines is 1. The summed E-state index contributed by atoms with van der Waals surface area (Å²) in [6.45, 7) is 2.88. The monoisotopic (exact) mass is 364 g/mol. The Bertz CT molecular complexity index is 1000. The molecule has 0 fully saturated rings. The number of ketones is 1. The summed E-state index contributed by atoms with van der Waals surface area (Å²) in [6.07, 6.45) is 1.43. The minimum absolute atomic E-state index is 0.134. The molecule has 2 aromatic carbocycles. The lowest BCUT2D eigenvalue weighted by Crippen LogP contribution is -2.31. The van der Waals surface area contributed by atoms with Crippen LogP contribution in [0.5, 0.6) is 0 Å². The largest absolute Gasteiger partial charge is 0.451 e. The minimum Gasteiger partial charge on any atom is -0.451 e. The van der Waals surface area contributed by atoms with Gasteiger partial charge in [-0.25, -0.2) is 4.79 Å². The molecule has 138 valence electrons. The highest BCUT2D eigenvalue weighted by molar-refractivity contribution is 5.97. The van der Waals surface area contributed by atoms with Gasteiger partial charge in [0.25, 0.3) is 5.91 Å². The number of fused-ring (bicyclic) bond motifs is 1. The molecule has 3 aromatic rings. The number of rotatable bonds is 6. The predicted octanol–water partition coefficient (Wildman–Crippen LogP) is 3.40. The molecule has 0 bridgehead atoms. The number of ether oxygens (including phenoxy) is 1. The van der Waals surface area contributed by atoms with Crippen LogP contribution in [0.25, 0.3) is 10.8 Å². The molecule has 6 nitrogen and oxygen atoms in total. The first-order valence-corrected chi connectivity index (χ1v) is 8.59. The van der Waals surface area contributed by atoms with Crippen molar-refractivity contribution >= 4 is 28.4 Å². The zero-order valence-electron chi connectivity index (χ0n) is 15.1. The molecule has 0 aliphatic heterocycles. The number of esters is 1. The molecule has 0 radical (unpaired) electrons. The average molecular weight is 364 g/mol. The fourth-order valence-electron chi connectivity index (χ4n) is 2.91. The SMILES string of the molecule is CC(=O)c1c[nH]c(C(=O)OCC(=O)N[C@H](C)c2cccc3ccccc23)c1. The molecule has 27 heavy (non-hydrogen) atoms. The van der Waals surface area contributed by atoms with Crippen molar-refractivity contribution in [2.75, 3.05) is 6.61 Å². The summed E-state index contributed by atoms with van der Waals surface area (Å²) in [7, 11) is 0. The number of nitrogens with one attached hydrogen (secondary N) is 2. The molecule has 0 unspecified atom stereocenters. The van der Waals surface area contributed by atoms with Crippen LogP contribution < -0.4 is 5.32 Å². The van der Waals surface area contributed by atoms with Crippen molar-refractivity contribution in [3.63, 3.8) is 0 Å². The number of Topliss-reactive ketones (excluding diaryl/α,β-unsaturated/α-hetero) is 1. The van der Waals surface area contributed by atoms with E-state index in [2.05, 4.69) is 10.3 Å². The Morgan fingerprint density at radius 1 is 1.11 bits per heavy atom. The van der Waals surface area contributed by atoms with E-state index < -0.39 is 18.5 Å². The highest BCUT2D eigenvalue weighted by Gasteiger charge is 2.16. The Morgan fingerprint density at radius 3 is 2.59 bits per heavy atom. The highest BCUT2D eigenvalue weighted by Crippen LogP contribution is 2.23. The van der Waals surface area contributed by atoms with Crippen LogP contribution >= 0.6 is 0 Å². The second kappa shape index (κ2) is 7.86. The Hall–Kier alpha value is -3.41. The molecule has 0 aliphatic carbocycles. The van der Waals surface area contributed by atoms with Gasteiger partial charge in [-0.3, -0.25) is 9.59 Å². The van der Waals surface area contributed by atoms with Crippen molar-refractivity contribution in [3.8, 4) is 0 Å². The number of carbonyl (C=O) groups is 3. The van der Waals surface area contributed by atoms with E-state index in [1.807, 2.05) is 49.4 Å². The lowest BCUT2D eigenvalue weighted by molar-refractivity contribution is -0.124. The third-order valence-corrected chi connectivity index (χ3v) is 4.31. The molecule has 0 saturated heterocycles. The van der Waals surface area contributed by atoms with Gasteiger partial charge in [-0.2, -0.15) is 0 Å². The summed E-state index contributed by atoms with van der Waals surface area (Å²) < 4.78 is 5.01. The molecule has 6 heteroatoms. The van der Waals surface area contributed by atoms with Crippen LogP contribution in [0.4, 0.5) is 0 Å². The van der Waals surface area contributed by atoms with E-state index in [1.165, 1.54) is 19.2 Å². The van der Waals surface area contributed by atoms with Gasteiger partial charge in [0.1, 0.15) is 5.69 Å². The number of hydrogen-bond donors (Lipinski definition) is 2. The molecule has 1 heterocycles. The van der Waals surface area contributed by atoms with Crippen LogP contribution in [0.2, 0.25) is 0 Å². The van der Waals surface area contributed by atoms with Gasteiger partial charge in [-0.05, 0) is 36.2 Å². The first-order valence-electron chi connectivity index (χ1n) is 8.59. The Morgan fingerprint density at radius 2 is 1.85 bits per heavy atom. The van der Waals surface area contributed by atoms with E-state index in [0.717, 1.165) is 16.3 Å². The van der Waals surface area contributed by atoms with Gasteiger partial charge < -0.3 is 15.0 Å². The van der Waals surface area contributed by atoms with Gasteiger partial charge >= 0.3 is 5.97 Å². The first kappa shape index (κ1) is 18.4. The topological polar surface area (TPSA) is 88.3 Å². The van der Waals surface area contributed by atoms with E-state index in [1.54, 1.807) is 0 Å². The summed E-state index contributed by atoms with van der Waals surface area (Å²) in [5.74, 6) is -1.25. The Kier molecular flexibility index (Phi) is 5.35. The van der Waals surface area contributed by atoms with Crippen molar-refractivity contribution in [1.29, 1.82) is 0 Å². The van der Waals surface area contributed by atoms with Gasteiger partial charge in [-0.15, -0.1) is 0 Å². The quantitative estimate of drug-likeness (QED) is 0.518. The van der Waals surface area contributed by atoms with E-state index in [9.17, 15) is 14.4 Å². The van der Waals surface area contributed by atoms with Gasteiger partial charge in [0, 0.05) is 11.8 Å². The molecular formula is C21H20N2O4. The average Bonchev–Trinajstić information content (AvgIpc) is 3.16. The normalized spacial score (nSPS) is 11.8. The predicted molar refractivity (Wildman–Crippen MR) is 102 cm³/mol. The van der Waals surface area contributed by atoms with Crippen molar-refractivity contribution in [2.45, 2.75) is 19.9 Å². The molecule has 3 rings (SSSR count). The minimum atomic E-state index is -0.685. The summed E-state index contributed by atoms with van der Waals surface area (Å²) in [5, 5.41) is 4.99. The number of amides is 1. The number of hydrogen-bond acceptors (Lipinski definition) is 4. The molecule has 0 aliphatic rings. The maximum atomic E-state index is 12.2. The summed E-state index contributed by atoms with van der Waals surface area (Å²) in [4.78, 5) is 38.1. The Labute approximate surface area is 156 Å². The molecule has 0 saturated carbocycles. The lowest BCUT2D eigenvalue weighted by Gasteiger charge is -2.16. The fraction of sp³-hybridized carbons (Fsp3) is 0.190. The molecule has 0 spiro atoms. The van der Waals surface area contributed by atoms with Crippen molar-refractivity contribution in [3.05, 3.63) is 71.5 Å². The van der Waals surface area contributed by atoms with Crippen molar-refractivity contribution in [1.82, 2.24) is 10.3 Å². The molecule has 2 N–H and O–H groups in total. The van der Waals surface area contributed by atoms with Gasteiger partial charge in [0.2, 0.25) is 0 Å². The van der Waals surface area contributed by atoms with E-state index in [-0.39, 0.29) is 17.5 Å². The first-order chi connectivity index (χ1) is 13.0. The molecule has 1 aromatic heterocycles. The third kappa shape index (κ3) is 4.23. The third-order valence-electron chi connectivity index (χ3n) is 4.31.